The van der Waals surface area contributed by atoms with Crippen molar-refractivity contribution in [1.29, 1.82) is 0 Å². The number of nitrogens with zero attached hydrogens (tertiary/aromatic N) is 1. The van der Waals surface area contributed by atoms with Gasteiger partial charge >= 0.3 is 0 Å². The Kier molecular flexibility index (Phi) is 6.22. The molecule has 28 heavy (non-hydrogen) atoms. The topological polar surface area (TPSA) is 66.5 Å². The molecule has 0 radical (unpaired) electrons. The lowest BCUT2D eigenvalue weighted by atomic mass is 9.87. The highest BCUT2D eigenvalue weighted by atomic mass is 35.5. The zero-order chi connectivity index (χ0) is 20.5. The molecule has 0 aromatic heterocycles. The number of hydrogen-bond acceptors (Lipinski definition) is 3. The summed E-state index contributed by atoms with van der Waals surface area (Å²) in [5.41, 5.74) is 2.56. The van der Waals surface area contributed by atoms with E-state index in [1.807, 2.05) is 18.2 Å². The Hall–Kier alpha value is -1.76. The first-order chi connectivity index (χ1) is 13.2. The summed E-state index contributed by atoms with van der Waals surface area (Å²) in [5, 5.41) is 3.61. The molecule has 0 unspecified atom stereocenters. The number of aryl methyl sites for hydroxylation is 1. The predicted molar refractivity (Wildman–Crippen MR) is 114 cm³/mol. The standard InChI is InChI=1S/C20H22Cl2N2O3S/c1-13(24(28(2,26)27)17-11-15(21)10-16(22)12-17)20(25)23-19-9-5-7-14-6-3-4-8-18(14)19/h3-4,6,8,10-13,19H,5,7,9H2,1-2H3,(H,23,25)/t13-,19+/m0/s1. The van der Waals surface area contributed by atoms with E-state index in [2.05, 4.69) is 11.4 Å². The molecule has 2 aromatic rings. The molecule has 0 heterocycles. The maximum absolute atomic E-state index is 13.0. The third-order valence-corrected chi connectivity index (χ3v) is 6.55. The average Bonchev–Trinajstić information content (AvgIpc) is 2.60. The van der Waals surface area contributed by atoms with Gasteiger partial charge in [-0.25, -0.2) is 8.42 Å². The van der Waals surface area contributed by atoms with E-state index in [0.29, 0.717) is 10.0 Å². The molecule has 8 heteroatoms. The number of rotatable bonds is 5. The maximum Gasteiger partial charge on any atom is 0.244 e. The Labute approximate surface area is 175 Å². The number of halogens is 2. The number of fused-ring (bicyclic) bond motifs is 1. The van der Waals surface area contributed by atoms with Gasteiger partial charge in [0.05, 0.1) is 18.0 Å². The fourth-order valence-electron chi connectivity index (χ4n) is 3.67. The van der Waals surface area contributed by atoms with Crippen LogP contribution in [0.3, 0.4) is 0 Å². The van der Waals surface area contributed by atoms with E-state index in [9.17, 15) is 13.2 Å². The molecule has 1 amide bonds. The highest BCUT2D eigenvalue weighted by Gasteiger charge is 2.31. The quantitative estimate of drug-likeness (QED) is 0.751. The monoisotopic (exact) mass is 440 g/mol. The van der Waals surface area contributed by atoms with Crippen LogP contribution in [0, 0.1) is 0 Å². The van der Waals surface area contributed by atoms with Crippen LogP contribution in [0.4, 0.5) is 5.69 Å². The summed E-state index contributed by atoms with van der Waals surface area (Å²) in [5.74, 6) is -0.372. The van der Waals surface area contributed by atoms with Gasteiger partial charge < -0.3 is 5.32 Å². The van der Waals surface area contributed by atoms with Crippen LogP contribution in [-0.4, -0.2) is 26.6 Å². The molecule has 0 aliphatic heterocycles. The van der Waals surface area contributed by atoms with Gasteiger partial charge in [0, 0.05) is 10.0 Å². The number of amides is 1. The van der Waals surface area contributed by atoms with Crippen LogP contribution in [0.15, 0.2) is 42.5 Å². The molecule has 5 nitrogen and oxygen atoms in total. The van der Waals surface area contributed by atoms with Gasteiger partial charge in [0.15, 0.2) is 0 Å². The van der Waals surface area contributed by atoms with Crippen LogP contribution in [0.2, 0.25) is 10.0 Å². The van der Waals surface area contributed by atoms with Crippen molar-refractivity contribution in [1.82, 2.24) is 5.32 Å². The van der Waals surface area contributed by atoms with Gasteiger partial charge in [-0.1, -0.05) is 47.5 Å². The van der Waals surface area contributed by atoms with Crippen LogP contribution >= 0.6 is 23.2 Å². The molecule has 0 saturated carbocycles. The molecule has 150 valence electrons. The molecular weight excluding hydrogens is 419 g/mol. The highest BCUT2D eigenvalue weighted by Crippen LogP contribution is 2.31. The molecule has 3 rings (SSSR count). The minimum Gasteiger partial charge on any atom is -0.347 e. The summed E-state index contributed by atoms with van der Waals surface area (Å²) >= 11 is 12.1. The van der Waals surface area contributed by atoms with Crippen molar-refractivity contribution in [3.05, 3.63) is 63.6 Å². The molecule has 0 bridgehead atoms. The number of benzene rings is 2. The molecular formula is C20H22Cl2N2O3S. The fourth-order valence-corrected chi connectivity index (χ4v) is 5.34. The number of carbonyl (C=O) groups is 1. The number of sulfonamides is 1. The molecule has 2 atom stereocenters. The Morgan fingerprint density at radius 3 is 2.46 bits per heavy atom. The zero-order valence-electron chi connectivity index (χ0n) is 15.7. The number of nitrogens with one attached hydrogen (secondary N) is 1. The zero-order valence-corrected chi connectivity index (χ0v) is 18.0. The van der Waals surface area contributed by atoms with E-state index < -0.39 is 16.1 Å². The van der Waals surface area contributed by atoms with Crippen molar-refractivity contribution in [2.24, 2.45) is 0 Å². The van der Waals surface area contributed by atoms with E-state index in [1.54, 1.807) is 6.92 Å². The SMILES string of the molecule is C[C@@H](C(=O)N[C@@H]1CCCc2ccccc21)N(c1cc(Cl)cc(Cl)c1)S(C)(=O)=O. The Balaban J connectivity index is 1.88. The third-order valence-electron chi connectivity index (χ3n) is 4.88. The van der Waals surface area contributed by atoms with Crippen LogP contribution in [0.5, 0.6) is 0 Å². The van der Waals surface area contributed by atoms with Crippen molar-refractivity contribution >= 4 is 44.8 Å². The van der Waals surface area contributed by atoms with Gasteiger partial charge in [0.25, 0.3) is 0 Å². The van der Waals surface area contributed by atoms with E-state index in [0.717, 1.165) is 35.4 Å². The van der Waals surface area contributed by atoms with E-state index in [1.165, 1.54) is 23.8 Å². The first-order valence-corrected chi connectivity index (χ1v) is 11.6. The third kappa shape index (κ3) is 4.62. The Morgan fingerprint density at radius 1 is 1.18 bits per heavy atom. The largest absolute Gasteiger partial charge is 0.347 e. The Bertz CT molecular complexity index is 974. The van der Waals surface area contributed by atoms with Crippen molar-refractivity contribution < 1.29 is 13.2 Å². The average molecular weight is 441 g/mol. The summed E-state index contributed by atoms with van der Waals surface area (Å²) < 4.78 is 26.0. The van der Waals surface area contributed by atoms with Gasteiger partial charge in [-0.05, 0) is 55.5 Å². The van der Waals surface area contributed by atoms with Crippen molar-refractivity contribution in [3.8, 4) is 0 Å². The molecule has 0 saturated heterocycles. The first-order valence-electron chi connectivity index (χ1n) is 9.00. The molecule has 0 spiro atoms. The predicted octanol–water partition coefficient (Wildman–Crippen LogP) is 4.34. The van der Waals surface area contributed by atoms with Crippen molar-refractivity contribution in [3.63, 3.8) is 0 Å². The maximum atomic E-state index is 13.0. The van der Waals surface area contributed by atoms with Gasteiger partial charge in [-0.2, -0.15) is 0 Å². The fraction of sp³-hybridized carbons (Fsp3) is 0.350. The number of hydrogen-bond donors (Lipinski definition) is 1. The molecule has 0 fully saturated rings. The molecule has 1 aliphatic rings. The van der Waals surface area contributed by atoms with Crippen LogP contribution in [-0.2, 0) is 21.2 Å². The number of carbonyl (C=O) groups excluding carboxylic acids is 1. The summed E-state index contributed by atoms with van der Waals surface area (Å²) in [7, 11) is -3.74. The summed E-state index contributed by atoms with van der Waals surface area (Å²) in [4.78, 5) is 13.0. The van der Waals surface area contributed by atoms with Crippen LogP contribution < -0.4 is 9.62 Å². The number of anilines is 1. The summed E-state index contributed by atoms with van der Waals surface area (Å²) in [6, 6.07) is 11.4. The molecule has 1 N–H and O–H groups in total. The van der Waals surface area contributed by atoms with Gasteiger partial charge in [0.1, 0.15) is 6.04 Å². The summed E-state index contributed by atoms with van der Waals surface area (Å²) in [6.07, 6.45) is 3.82. The normalized spacial score (nSPS) is 17.5. The van der Waals surface area contributed by atoms with Crippen molar-refractivity contribution in [2.75, 3.05) is 10.6 Å². The highest BCUT2D eigenvalue weighted by molar-refractivity contribution is 7.92. The molecule has 2 aromatic carbocycles. The van der Waals surface area contributed by atoms with Gasteiger partial charge in [0.2, 0.25) is 15.9 Å². The van der Waals surface area contributed by atoms with E-state index >= 15 is 0 Å². The van der Waals surface area contributed by atoms with Crippen LogP contribution in [0.1, 0.15) is 36.9 Å². The van der Waals surface area contributed by atoms with Crippen molar-refractivity contribution in [2.45, 2.75) is 38.3 Å². The molecule has 1 aliphatic carbocycles. The smallest absolute Gasteiger partial charge is 0.244 e. The second-order valence-corrected chi connectivity index (χ2v) is 9.75. The van der Waals surface area contributed by atoms with Gasteiger partial charge in [-0.3, -0.25) is 9.10 Å². The second kappa shape index (κ2) is 8.31. The van der Waals surface area contributed by atoms with Gasteiger partial charge in [-0.15, -0.1) is 0 Å². The lowest BCUT2D eigenvalue weighted by molar-refractivity contribution is -0.122. The minimum atomic E-state index is -3.74. The van der Waals surface area contributed by atoms with Crippen LogP contribution in [0.25, 0.3) is 0 Å². The summed E-state index contributed by atoms with van der Waals surface area (Å²) in [6.45, 7) is 1.56. The van der Waals surface area contributed by atoms with E-state index in [4.69, 9.17) is 23.2 Å². The Morgan fingerprint density at radius 2 is 1.82 bits per heavy atom. The lowest BCUT2D eigenvalue weighted by Crippen LogP contribution is -2.49. The first kappa shape index (κ1) is 21.0. The minimum absolute atomic E-state index is 0.135. The lowest BCUT2D eigenvalue weighted by Gasteiger charge is -2.32. The van der Waals surface area contributed by atoms with E-state index in [-0.39, 0.29) is 17.6 Å². The second-order valence-electron chi connectivity index (χ2n) is 7.01.